The molecule has 2 aromatic rings. The molecule has 0 radical (unpaired) electrons. The lowest BCUT2D eigenvalue weighted by Crippen LogP contribution is -2.38. The second-order valence-electron chi connectivity index (χ2n) is 5.97. The summed E-state index contributed by atoms with van der Waals surface area (Å²) < 4.78 is 2.24. The minimum Gasteiger partial charge on any atom is -0.376 e. The Morgan fingerprint density at radius 1 is 1.23 bits per heavy atom. The van der Waals surface area contributed by atoms with Crippen LogP contribution in [-0.2, 0) is 6.54 Å². The molecule has 4 heteroatoms. The van der Waals surface area contributed by atoms with Crippen LogP contribution in [0.2, 0.25) is 0 Å². The predicted octanol–water partition coefficient (Wildman–Crippen LogP) is 2.67. The molecule has 0 spiro atoms. The van der Waals surface area contributed by atoms with Crippen LogP contribution in [0.3, 0.4) is 0 Å². The highest BCUT2D eigenvalue weighted by atomic mass is 16.3. The average Bonchev–Trinajstić information content (AvgIpc) is 2.80. The van der Waals surface area contributed by atoms with Gasteiger partial charge in [-0.2, -0.15) is 0 Å². The van der Waals surface area contributed by atoms with Crippen LogP contribution >= 0.6 is 0 Å². The van der Waals surface area contributed by atoms with E-state index in [0.717, 1.165) is 13.1 Å². The lowest BCUT2D eigenvalue weighted by Gasteiger charge is -2.26. The SMILES string of the molecule is CCN(CC)C(O)Cn1c(C)c(C(C)CN)c2ccccc21. The first kappa shape index (κ1) is 17.0. The van der Waals surface area contributed by atoms with Gasteiger partial charge in [0.1, 0.15) is 6.23 Å². The van der Waals surface area contributed by atoms with Crippen LogP contribution in [-0.4, -0.2) is 40.4 Å². The van der Waals surface area contributed by atoms with Gasteiger partial charge in [-0.15, -0.1) is 0 Å². The third kappa shape index (κ3) is 3.05. The molecule has 0 saturated carbocycles. The van der Waals surface area contributed by atoms with Crippen LogP contribution in [0.1, 0.15) is 37.9 Å². The fourth-order valence-electron chi connectivity index (χ4n) is 3.36. The monoisotopic (exact) mass is 303 g/mol. The molecule has 0 fully saturated rings. The predicted molar refractivity (Wildman–Crippen MR) is 93.1 cm³/mol. The number of benzene rings is 1. The van der Waals surface area contributed by atoms with E-state index in [2.05, 4.69) is 61.4 Å². The minimum absolute atomic E-state index is 0.316. The number of nitrogens with zero attached hydrogens (tertiary/aromatic N) is 2. The molecule has 3 N–H and O–H groups in total. The number of aromatic nitrogens is 1. The fraction of sp³-hybridized carbons (Fsp3) is 0.556. The third-order valence-electron chi connectivity index (χ3n) is 4.71. The van der Waals surface area contributed by atoms with Gasteiger partial charge >= 0.3 is 0 Å². The van der Waals surface area contributed by atoms with Crippen molar-refractivity contribution in [3.8, 4) is 0 Å². The molecule has 4 nitrogen and oxygen atoms in total. The normalized spacial score (nSPS) is 14.7. The summed E-state index contributed by atoms with van der Waals surface area (Å²) in [4.78, 5) is 2.07. The number of hydrogen-bond donors (Lipinski definition) is 2. The lowest BCUT2D eigenvalue weighted by molar-refractivity contribution is -0.00144. The molecule has 2 atom stereocenters. The van der Waals surface area contributed by atoms with Gasteiger partial charge in [-0.1, -0.05) is 39.0 Å². The minimum atomic E-state index is -0.467. The van der Waals surface area contributed by atoms with Gasteiger partial charge in [-0.05, 0) is 44.1 Å². The van der Waals surface area contributed by atoms with Crippen molar-refractivity contribution in [1.82, 2.24) is 9.47 Å². The quantitative estimate of drug-likeness (QED) is 0.773. The number of rotatable bonds is 7. The van der Waals surface area contributed by atoms with E-state index in [1.807, 2.05) is 0 Å². The summed E-state index contributed by atoms with van der Waals surface area (Å²) in [7, 11) is 0. The number of para-hydroxylation sites is 1. The summed E-state index contributed by atoms with van der Waals surface area (Å²) in [6, 6.07) is 8.41. The van der Waals surface area contributed by atoms with E-state index in [-0.39, 0.29) is 0 Å². The van der Waals surface area contributed by atoms with Gasteiger partial charge in [0, 0.05) is 16.6 Å². The van der Waals surface area contributed by atoms with Crippen molar-refractivity contribution < 1.29 is 5.11 Å². The Kier molecular flexibility index (Phi) is 5.62. The molecule has 2 unspecified atom stereocenters. The van der Waals surface area contributed by atoms with Crippen LogP contribution in [0.15, 0.2) is 24.3 Å². The Bertz CT molecular complexity index is 616. The summed E-state index contributed by atoms with van der Waals surface area (Å²) in [5, 5.41) is 11.8. The number of nitrogens with two attached hydrogens (primary N) is 1. The Hall–Kier alpha value is -1.36. The molecule has 22 heavy (non-hydrogen) atoms. The van der Waals surface area contributed by atoms with Gasteiger partial charge in [0.05, 0.1) is 6.54 Å². The molecule has 0 amide bonds. The molecule has 1 heterocycles. The highest BCUT2D eigenvalue weighted by Gasteiger charge is 2.20. The van der Waals surface area contributed by atoms with E-state index in [1.165, 1.54) is 22.2 Å². The van der Waals surface area contributed by atoms with Crippen molar-refractivity contribution in [2.45, 2.75) is 46.4 Å². The maximum atomic E-state index is 10.5. The van der Waals surface area contributed by atoms with Crippen LogP contribution in [0.5, 0.6) is 0 Å². The topological polar surface area (TPSA) is 54.4 Å². The van der Waals surface area contributed by atoms with Gasteiger partial charge in [0.15, 0.2) is 0 Å². The summed E-state index contributed by atoms with van der Waals surface area (Å²) >= 11 is 0. The Balaban J connectivity index is 2.48. The number of aliphatic hydroxyl groups is 1. The molecule has 2 rings (SSSR count). The van der Waals surface area contributed by atoms with Crippen LogP contribution < -0.4 is 5.73 Å². The van der Waals surface area contributed by atoms with E-state index in [1.54, 1.807) is 0 Å². The zero-order chi connectivity index (χ0) is 16.3. The number of likely N-dealkylation sites (N-methyl/N-ethyl adjacent to an activating group) is 1. The molecular formula is C18H29N3O. The highest BCUT2D eigenvalue weighted by Crippen LogP contribution is 2.31. The Morgan fingerprint density at radius 2 is 1.86 bits per heavy atom. The van der Waals surface area contributed by atoms with Gasteiger partial charge in [-0.25, -0.2) is 0 Å². The van der Waals surface area contributed by atoms with Gasteiger partial charge in [0.2, 0.25) is 0 Å². The zero-order valence-electron chi connectivity index (χ0n) is 14.2. The van der Waals surface area contributed by atoms with E-state index in [0.29, 0.717) is 19.0 Å². The van der Waals surface area contributed by atoms with Crippen molar-refractivity contribution in [3.63, 3.8) is 0 Å². The Morgan fingerprint density at radius 3 is 2.45 bits per heavy atom. The maximum Gasteiger partial charge on any atom is 0.125 e. The molecule has 122 valence electrons. The van der Waals surface area contributed by atoms with Gasteiger partial charge in [0.25, 0.3) is 0 Å². The van der Waals surface area contributed by atoms with Crippen molar-refractivity contribution in [2.75, 3.05) is 19.6 Å². The fourth-order valence-corrected chi connectivity index (χ4v) is 3.36. The first-order chi connectivity index (χ1) is 10.5. The summed E-state index contributed by atoms with van der Waals surface area (Å²) in [5.41, 5.74) is 9.60. The number of fused-ring (bicyclic) bond motifs is 1. The van der Waals surface area contributed by atoms with E-state index < -0.39 is 6.23 Å². The maximum absolute atomic E-state index is 10.5. The van der Waals surface area contributed by atoms with Crippen molar-refractivity contribution >= 4 is 10.9 Å². The van der Waals surface area contributed by atoms with Crippen molar-refractivity contribution in [3.05, 3.63) is 35.5 Å². The second kappa shape index (κ2) is 7.27. The smallest absolute Gasteiger partial charge is 0.125 e. The second-order valence-corrected chi connectivity index (χ2v) is 5.97. The molecule has 0 aliphatic heterocycles. The van der Waals surface area contributed by atoms with Gasteiger partial charge in [-0.3, -0.25) is 4.90 Å². The summed E-state index contributed by atoms with van der Waals surface area (Å²) in [6.45, 7) is 11.4. The average molecular weight is 303 g/mol. The van der Waals surface area contributed by atoms with E-state index in [4.69, 9.17) is 5.73 Å². The Labute approximate surface area is 133 Å². The largest absolute Gasteiger partial charge is 0.376 e. The molecule has 0 bridgehead atoms. The van der Waals surface area contributed by atoms with Crippen molar-refractivity contribution in [2.24, 2.45) is 5.73 Å². The summed E-state index contributed by atoms with van der Waals surface area (Å²) in [6.07, 6.45) is -0.467. The molecule has 0 saturated heterocycles. The molecule has 1 aromatic heterocycles. The third-order valence-corrected chi connectivity index (χ3v) is 4.71. The molecule has 0 aliphatic carbocycles. The van der Waals surface area contributed by atoms with E-state index in [9.17, 15) is 5.11 Å². The van der Waals surface area contributed by atoms with Crippen LogP contribution in [0.25, 0.3) is 10.9 Å². The first-order valence-corrected chi connectivity index (χ1v) is 8.24. The standard InChI is InChI=1S/C18H29N3O/c1-5-20(6-2)17(22)12-21-14(4)18(13(3)11-19)15-9-7-8-10-16(15)21/h7-10,13,17,22H,5-6,11-12,19H2,1-4H3. The zero-order valence-corrected chi connectivity index (χ0v) is 14.2. The summed E-state index contributed by atoms with van der Waals surface area (Å²) in [5.74, 6) is 0.316. The van der Waals surface area contributed by atoms with Crippen LogP contribution in [0, 0.1) is 6.92 Å². The van der Waals surface area contributed by atoms with E-state index >= 15 is 0 Å². The highest BCUT2D eigenvalue weighted by molar-refractivity contribution is 5.86. The number of aliphatic hydroxyl groups excluding tert-OH is 1. The van der Waals surface area contributed by atoms with Crippen LogP contribution in [0.4, 0.5) is 0 Å². The molecule has 0 aliphatic rings. The molecular weight excluding hydrogens is 274 g/mol. The molecule has 1 aromatic carbocycles. The number of hydrogen-bond acceptors (Lipinski definition) is 3. The lowest BCUT2D eigenvalue weighted by atomic mass is 9.98. The first-order valence-electron chi connectivity index (χ1n) is 8.24. The van der Waals surface area contributed by atoms with Gasteiger partial charge < -0.3 is 15.4 Å². The van der Waals surface area contributed by atoms with Crippen molar-refractivity contribution in [1.29, 1.82) is 0 Å².